The predicted octanol–water partition coefficient (Wildman–Crippen LogP) is 0.551. The largest absolute Gasteiger partial charge is 0.326 e. The van der Waals surface area contributed by atoms with Crippen molar-refractivity contribution in [3.63, 3.8) is 0 Å². The van der Waals surface area contributed by atoms with Gasteiger partial charge in [0.1, 0.15) is 6.04 Å². The van der Waals surface area contributed by atoms with E-state index in [-0.39, 0.29) is 23.9 Å². The first-order valence-electron chi connectivity index (χ1n) is 4.54. The van der Waals surface area contributed by atoms with Crippen molar-refractivity contribution in [3.05, 3.63) is 12.2 Å². The Bertz CT molecular complexity index is 273. The fourth-order valence-electron chi connectivity index (χ4n) is 1.88. The third-order valence-electron chi connectivity index (χ3n) is 2.59. The maximum Gasteiger partial charge on any atom is 0.322 e. The van der Waals surface area contributed by atoms with Crippen molar-refractivity contribution in [2.75, 3.05) is 0 Å². The van der Waals surface area contributed by atoms with Crippen LogP contribution in [0.4, 0.5) is 4.79 Å². The molecule has 0 aromatic carbocycles. The van der Waals surface area contributed by atoms with Gasteiger partial charge >= 0.3 is 6.03 Å². The van der Waals surface area contributed by atoms with Gasteiger partial charge in [0.2, 0.25) is 0 Å². The lowest BCUT2D eigenvalue weighted by atomic mass is 9.88. The van der Waals surface area contributed by atoms with Crippen molar-refractivity contribution in [2.24, 2.45) is 5.92 Å². The SMILES string of the molecule is O=C1NC(=O)[C@@H]([C@@H]2CC=CCC2)N1. The lowest BCUT2D eigenvalue weighted by Crippen LogP contribution is -2.37. The molecule has 3 amide bonds. The second kappa shape index (κ2) is 3.20. The van der Waals surface area contributed by atoms with Gasteiger partial charge in [-0.25, -0.2) is 4.79 Å². The molecule has 0 aromatic rings. The number of nitrogens with one attached hydrogen (secondary N) is 2. The highest BCUT2D eigenvalue weighted by molar-refractivity contribution is 6.04. The van der Waals surface area contributed by atoms with Gasteiger partial charge in [0.25, 0.3) is 5.91 Å². The number of urea groups is 1. The molecule has 70 valence electrons. The zero-order chi connectivity index (χ0) is 9.26. The third-order valence-corrected chi connectivity index (χ3v) is 2.59. The number of rotatable bonds is 1. The minimum Gasteiger partial charge on any atom is -0.326 e. The fourth-order valence-corrected chi connectivity index (χ4v) is 1.88. The summed E-state index contributed by atoms with van der Waals surface area (Å²) in [6, 6.07) is -0.665. The van der Waals surface area contributed by atoms with Crippen molar-refractivity contribution in [1.29, 1.82) is 0 Å². The van der Waals surface area contributed by atoms with Gasteiger partial charge in [-0.15, -0.1) is 0 Å². The van der Waals surface area contributed by atoms with Crippen LogP contribution in [0.3, 0.4) is 0 Å². The average molecular weight is 180 g/mol. The highest BCUT2D eigenvalue weighted by Crippen LogP contribution is 2.23. The quantitative estimate of drug-likeness (QED) is 0.457. The van der Waals surface area contributed by atoms with Gasteiger partial charge in [0, 0.05) is 0 Å². The summed E-state index contributed by atoms with van der Waals surface area (Å²) >= 11 is 0. The Balaban J connectivity index is 2.04. The van der Waals surface area contributed by atoms with Crippen LogP contribution in [0.1, 0.15) is 19.3 Å². The number of amides is 3. The molecule has 4 nitrogen and oxygen atoms in total. The number of carbonyl (C=O) groups excluding carboxylic acids is 2. The Labute approximate surface area is 76.4 Å². The van der Waals surface area contributed by atoms with Crippen LogP contribution >= 0.6 is 0 Å². The highest BCUT2D eigenvalue weighted by Gasteiger charge is 2.35. The molecule has 2 aliphatic rings. The molecule has 1 heterocycles. The van der Waals surface area contributed by atoms with Gasteiger partial charge in [-0.2, -0.15) is 0 Å². The van der Waals surface area contributed by atoms with Crippen molar-refractivity contribution < 1.29 is 9.59 Å². The van der Waals surface area contributed by atoms with Gasteiger partial charge in [-0.3, -0.25) is 10.1 Å². The molecule has 0 unspecified atom stereocenters. The van der Waals surface area contributed by atoms with E-state index in [1.807, 2.05) is 0 Å². The average Bonchev–Trinajstić information content (AvgIpc) is 2.47. The van der Waals surface area contributed by atoms with E-state index in [4.69, 9.17) is 0 Å². The second-order valence-electron chi connectivity index (χ2n) is 3.48. The summed E-state index contributed by atoms with van der Waals surface area (Å²) in [5, 5.41) is 4.89. The zero-order valence-electron chi connectivity index (χ0n) is 7.25. The molecule has 2 atom stereocenters. The maximum atomic E-state index is 11.3. The molecule has 2 rings (SSSR count). The molecule has 0 aromatic heterocycles. The Kier molecular flexibility index (Phi) is 2.04. The number of carbonyl (C=O) groups is 2. The van der Waals surface area contributed by atoms with Gasteiger partial charge in [0.05, 0.1) is 0 Å². The van der Waals surface area contributed by atoms with Crippen molar-refractivity contribution >= 4 is 11.9 Å². The van der Waals surface area contributed by atoms with Crippen LogP contribution in [0.2, 0.25) is 0 Å². The lowest BCUT2D eigenvalue weighted by Gasteiger charge is -2.21. The number of allylic oxidation sites excluding steroid dienone is 2. The van der Waals surface area contributed by atoms with Crippen LogP contribution in [0.5, 0.6) is 0 Å². The molecule has 1 aliphatic carbocycles. The van der Waals surface area contributed by atoms with E-state index in [0.29, 0.717) is 0 Å². The third kappa shape index (κ3) is 1.56. The van der Waals surface area contributed by atoms with E-state index in [1.54, 1.807) is 0 Å². The molecular weight excluding hydrogens is 168 g/mol. The van der Waals surface area contributed by atoms with Crippen LogP contribution in [0, 0.1) is 5.92 Å². The van der Waals surface area contributed by atoms with Crippen LogP contribution in [0.15, 0.2) is 12.2 Å². The molecule has 4 heteroatoms. The summed E-state index contributed by atoms with van der Waals surface area (Å²) in [5.74, 6) is 0.0988. The molecular formula is C9H12N2O2. The van der Waals surface area contributed by atoms with Crippen molar-refractivity contribution in [1.82, 2.24) is 10.6 Å². The Morgan fingerprint density at radius 1 is 1.31 bits per heavy atom. The van der Waals surface area contributed by atoms with E-state index in [0.717, 1.165) is 19.3 Å². The molecule has 13 heavy (non-hydrogen) atoms. The fraction of sp³-hybridized carbons (Fsp3) is 0.556. The van der Waals surface area contributed by atoms with Crippen molar-refractivity contribution in [2.45, 2.75) is 25.3 Å². The first kappa shape index (κ1) is 8.29. The summed E-state index contributed by atoms with van der Waals surface area (Å²) in [7, 11) is 0. The number of imide groups is 1. The van der Waals surface area contributed by atoms with Crippen LogP contribution in [0.25, 0.3) is 0 Å². The molecule has 1 aliphatic heterocycles. The normalized spacial score (nSPS) is 32.9. The smallest absolute Gasteiger partial charge is 0.322 e. The Hall–Kier alpha value is -1.32. The molecule has 0 spiro atoms. The first-order chi connectivity index (χ1) is 6.27. The van der Waals surface area contributed by atoms with Crippen LogP contribution in [-0.4, -0.2) is 18.0 Å². The standard InChI is InChI=1S/C9H12N2O2/c12-8-7(10-9(13)11-8)6-4-2-1-3-5-6/h1-2,6-7H,3-5H2,(H2,10,11,12,13)/t6-,7-/m1/s1. The molecule has 0 bridgehead atoms. The molecule has 2 N–H and O–H groups in total. The van der Waals surface area contributed by atoms with Crippen molar-refractivity contribution in [3.8, 4) is 0 Å². The van der Waals surface area contributed by atoms with E-state index < -0.39 is 0 Å². The van der Waals surface area contributed by atoms with E-state index >= 15 is 0 Å². The summed E-state index contributed by atoms with van der Waals surface area (Å²) in [6.07, 6.45) is 7.06. The number of hydrogen-bond donors (Lipinski definition) is 2. The molecule has 0 radical (unpaired) electrons. The molecule has 1 saturated heterocycles. The zero-order valence-corrected chi connectivity index (χ0v) is 7.25. The second-order valence-corrected chi connectivity index (χ2v) is 3.48. The number of hydrogen-bond acceptors (Lipinski definition) is 2. The minimum absolute atomic E-state index is 0.176. The molecule has 1 fully saturated rings. The van der Waals surface area contributed by atoms with Crippen LogP contribution < -0.4 is 10.6 Å². The summed E-state index contributed by atoms with van der Waals surface area (Å²) in [6.45, 7) is 0. The monoisotopic (exact) mass is 180 g/mol. The maximum absolute atomic E-state index is 11.3. The van der Waals surface area contributed by atoms with Gasteiger partial charge in [0.15, 0.2) is 0 Å². The van der Waals surface area contributed by atoms with E-state index in [2.05, 4.69) is 22.8 Å². The van der Waals surface area contributed by atoms with Crippen LogP contribution in [-0.2, 0) is 4.79 Å². The lowest BCUT2D eigenvalue weighted by molar-refractivity contribution is -0.121. The summed E-state index contributed by atoms with van der Waals surface area (Å²) in [5.41, 5.74) is 0. The van der Waals surface area contributed by atoms with Gasteiger partial charge in [-0.1, -0.05) is 12.2 Å². The van der Waals surface area contributed by atoms with Gasteiger partial charge in [-0.05, 0) is 25.2 Å². The topological polar surface area (TPSA) is 58.2 Å². The Morgan fingerprint density at radius 3 is 2.69 bits per heavy atom. The Morgan fingerprint density at radius 2 is 2.15 bits per heavy atom. The van der Waals surface area contributed by atoms with E-state index in [9.17, 15) is 9.59 Å². The minimum atomic E-state index is -0.357. The predicted molar refractivity (Wildman–Crippen MR) is 46.9 cm³/mol. The first-order valence-corrected chi connectivity index (χ1v) is 4.54. The summed E-state index contributed by atoms with van der Waals surface area (Å²) < 4.78 is 0. The van der Waals surface area contributed by atoms with E-state index in [1.165, 1.54) is 0 Å². The molecule has 0 saturated carbocycles. The highest BCUT2D eigenvalue weighted by atomic mass is 16.2. The van der Waals surface area contributed by atoms with Gasteiger partial charge < -0.3 is 5.32 Å². The summed E-state index contributed by atoms with van der Waals surface area (Å²) in [4.78, 5) is 22.1.